The number of amides is 1. The maximum absolute atomic E-state index is 12.7. The molecule has 1 amide bonds. The van der Waals surface area contributed by atoms with Gasteiger partial charge in [0.05, 0.1) is 14.2 Å². The third kappa shape index (κ3) is 2.84. The van der Waals surface area contributed by atoms with Gasteiger partial charge in [0.25, 0.3) is 6.50 Å². The van der Waals surface area contributed by atoms with Gasteiger partial charge in [0.1, 0.15) is 21.9 Å². The van der Waals surface area contributed by atoms with E-state index >= 15 is 0 Å². The van der Waals surface area contributed by atoms with Crippen LogP contribution in [0.3, 0.4) is 0 Å². The van der Waals surface area contributed by atoms with E-state index in [1.807, 2.05) is 0 Å². The highest BCUT2D eigenvalue weighted by Crippen LogP contribution is 2.28. The molecule has 0 bridgehead atoms. The lowest BCUT2D eigenvalue weighted by Crippen LogP contribution is -2.53. The van der Waals surface area contributed by atoms with Crippen molar-refractivity contribution in [3.63, 3.8) is 0 Å². The standard InChI is InChI=1S/C16H20N6O/c1-11-5-7-22(14(23)8-17-2)9-13(11)21(3)16-12-4-6-18-15(12)19-10-20-16/h4,6,10-11,13H,5,7-9H2,1,3H3,(H,18,19,20)/t11-,13+/m1/s1/i7D2,8D2,9D2,10D. The second-order valence-corrected chi connectivity index (χ2v) is 5.28. The van der Waals surface area contributed by atoms with Gasteiger partial charge >= 0.3 is 5.91 Å². The third-order valence-electron chi connectivity index (χ3n) is 3.76. The van der Waals surface area contributed by atoms with E-state index in [0.29, 0.717) is 11.0 Å². The summed E-state index contributed by atoms with van der Waals surface area (Å²) in [4.78, 5) is 27.9. The van der Waals surface area contributed by atoms with E-state index in [-0.39, 0.29) is 23.4 Å². The van der Waals surface area contributed by atoms with E-state index in [9.17, 15) is 4.79 Å². The molecule has 0 aromatic carbocycles. The highest BCUT2D eigenvalue weighted by Gasteiger charge is 2.33. The monoisotopic (exact) mass is 319 g/mol. The molecule has 1 aliphatic heterocycles. The zero-order valence-corrected chi connectivity index (χ0v) is 12.7. The predicted molar refractivity (Wildman–Crippen MR) is 87.9 cm³/mol. The molecule has 1 fully saturated rings. The molecule has 3 heterocycles. The van der Waals surface area contributed by atoms with Gasteiger partial charge in [-0.25, -0.2) is 16.5 Å². The number of H-pyrrole nitrogens is 1. The molecule has 2 aromatic rings. The SMILES string of the molecule is [2H]c1nc(N(C)[C@@H]2[C@H](C)CC([2H])([2H])N(C(=O)C([2H])([2H])[N+]#[C-])C2([2H])[2H])c2cc[nH]c2n1. The fourth-order valence-corrected chi connectivity index (χ4v) is 2.57. The van der Waals surface area contributed by atoms with Crippen LogP contribution < -0.4 is 4.90 Å². The van der Waals surface area contributed by atoms with Gasteiger partial charge in [-0.3, -0.25) is 4.79 Å². The summed E-state index contributed by atoms with van der Waals surface area (Å²) in [5.41, 5.74) is 0.369. The van der Waals surface area contributed by atoms with Crippen molar-refractivity contribution in [3.8, 4) is 0 Å². The van der Waals surface area contributed by atoms with Crippen LogP contribution >= 0.6 is 0 Å². The Morgan fingerprint density at radius 2 is 2.57 bits per heavy atom. The molecule has 0 spiro atoms. The number of aromatic nitrogens is 3. The molecule has 120 valence electrons. The van der Waals surface area contributed by atoms with Crippen LogP contribution in [0.4, 0.5) is 5.82 Å². The van der Waals surface area contributed by atoms with Crippen LogP contribution in [-0.2, 0) is 4.79 Å². The molecular weight excluding hydrogens is 292 g/mol. The number of hydrogen-bond acceptors (Lipinski definition) is 4. The van der Waals surface area contributed by atoms with Crippen molar-refractivity contribution in [2.75, 3.05) is 31.4 Å². The minimum atomic E-state index is -3.11. The predicted octanol–water partition coefficient (Wildman–Crippen LogP) is 1.55. The van der Waals surface area contributed by atoms with Gasteiger partial charge < -0.3 is 19.6 Å². The summed E-state index contributed by atoms with van der Waals surface area (Å²) in [5.74, 6) is -1.98. The number of piperidine rings is 1. The second-order valence-electron chi connectivity index (χ2n) is 5.28. The number of carbonyl (C=O) groups is 1. The third-order valence-corrected chi connectivity index (χ3v) is 3.76. The highest BCUT2D eigenvalue weighted by atomic mass is 16.2. The maximum atomic E-state index is 12.7. The first-order valence-corrected chi connectivity index (χ1v) is 7.02. The molecule has 0 aliphatic carbocycles. The number of anilines is 1. The van der Waals surface area contributed by atoms with Crippen LogP contribution in [0.5, 0.6) is 0 Å². The van der Waals surface area contributed by atoms with Crippen molar-refractivity contribution >= 4 is 22.8 Å². The minimum absolute atomic E-state index is 0.205. The van der Waals surface area contributed by atoms with Crippen LogP contribution in [-0.4, -0.2) is 58.3 Å². The Labute approximate surface area is 145 Å². The van der Waals surface area contributed by atoms with Crippen LogP contribution in [0.1, 0.15) is 22.9 Å². The van der Waals surface area contributed by atoms with Gasteiger partial charge in [-0.2, -0.15) is 0 Å². The number of fused-ring (bicyclic) bond motifs is 1. The Hall–Kier alpha value is -2.62. The van der Waals surface area contributed by atoms with Gasteiger partial charge in [-0.15, -0.1) is 0 Å². The lowest BCUT2D eigenvalue weighted by molar-refractivity contribution is -0.130. The number of likely N-dealkylation sites (tertiary alicyclic amines) is 1. The Morgan fingerprint density at radius 3 is 3.35 bits per heavy atom. The Balaban J connectivity index is 2.13. The number of likely N-dealkylation sites (N-methyl/N-ethyl adjacent to an activating group) is 1. The van der Waals surface area contributed by atoms with Gasteiger partial charge in [-0.1, -0.05) is 6.92 Å². The Bertz CT molecular complexity index is 1030. The second kappa shape index (κ2) is 6.24. The minimum Gasteiger partial charge on any atom is -0.354 e. The van der Waals surface area contributed by atoms with Crippen molar-refractivity contribution in [1.82, 2.24) is 19.9 Å². The average Bonchev–Trinajstić information content (AvgIpc) is 3.06. The molecule has 7 heteroatoms. The molecule has 1 saturated heterocycles. The topological polar surface area (TPSA) is 69.5 Å². The first-order chi connectivity index (χ1) is 13.7. The zero-order chi connectivity index (χ0) is 22.6. The molecule has 0 saturated carbocycles. The van der Waals surface area contributed by atoms with Crippen molar-refractivity contribution in [2.45, 2.75) is 19.4 Å². The summed E-state index contributed by atoms with van der Waals surface area (Å²) in [6.07, 6.45) is 1.01. The number of carbonyl (C=O) groups excluding carboxylic acids is 1. The Kier molecular flexibility index (Phi) is 2.41. The summed E-state index contributed by atoms with van der Waals surface area (Å²) >= 11 is 0. The smallest absolute Gasteiger partial charge is 0.302 e. The van der Waals surface area contributed by atoms with Crippen molar-refractivity contribution < 1.29 is 14.4 Å². The van der Waals surface area contributed by atoms with Crippen molar-refractivity contribution in [2.24, 2.45) is 5.92 Å². The molecule has 7 nitrogen and oxygen atoms in total. The molecule has 0 radical (unpaired) electrons. The molecule has 2 atom stereocenters. The fourth-order valence-electron chi connectivity index (χ4n) is 2.57. The maximum Gasteiger partial charge on any atom is 0.302 e. The molecule has 0 unspecified atom stereocenters. The van der Waals surface area contributed by atoms with Gasteiger partial charge in [0.15, 0.2) is 0 Å². The quantitative estimate of drug-likeness (QED) is 0.872. The summed E-state index contributed by atoms with van der Waals surface area (Å²) in [5, 5.41) is 0.513. The summed E-state index contributed by atoms with van der Waals surface area (Å²) in [6.45, 7) is 0.236. The first-order valence-electron chi connectivity index (χ1n) is 10.5. The van der Waals surface area contributed by atoms with E-state index in [0.717, 1.165) is 0 Å². The van der Waals surface area contributed by atoms with E-state index in [1.54, 1.807) is 19.2 Å². The van der Waals surface area contributed by atoms with Crippen LogP contribution in [0.2, 0.25) is 0 Å². The summed E-state index contributed by atoms with van der Waals surface area (Å²) < 4.78 is 56.7. The normalized spacial score (nSPS) is 30.7. The molecular formula is C16H20N6O. The van der Waals surface area contributed by atoms with Gasteiger partial charge in [-0.05, 0) is 18.4 Å². The van der Waals surface area contributed by atoms with Crippen molar-refractivity contribution in [1.29, 1.82) is 0 Å². The van der Waals surface area contributed by atoms with E-state index < -0.39 is 37.4 Å². The van der Waals surface area contributed by atoms with Gasteiger partial charge in [0, 0.05) is 29.0 Å². The fraction of sp³-hybridized carbons (Fsp3) is 0.500. The van der Waals surface area contributed by atoms with Crippen LogP contribution in [0.15, 0.2) is 18.6 Å². The molecule has 3 rings (SSSR count). The van der Waals surface area contributed by atoms with E-state index in [1.165, 1.54) is 11.9 Å². The Morgan fingerprint density at radius 1 is 1.74 bits per heavy atom. The van der Waals surface area contributed by atoms with E-state index in [4.69, 9.17) is 16.2 Å². The largest absolute Gasteiger partial charge is 0.354 e. The zero-order valence-electron chi connectivity index (χ0n) is 19.7. The lowest BCUT2D eigenvalue weighted by Gasteiger charge is -2.41. The van der Waals surface area contributed by atoms with Crippen LogP contribution in [0.25, 0.3) is 15.9 Å². The molecule has 1 aliphatic rings. The summed E-state index contributed by atoms with van der Waals surface area (Å²) in [6, 6.07) is 0.517. The number of hydrogen-bond donors (Lipinski definition) is 1. The molecule has 2 aromatic heterocycles. The van der Waals surface area contributed by atoms with E-state index in [2.05, 4.69) is 19.8 Å². The molecule has 1 N–H and O–H groups in total. The number of aromatic amines is 1. The molecule has 23 heavy (non-hydrogen) atoms. The van der Waals surface area contributed by atoms with Crippen LogP contribution in [0, 0.1) is 12.5 Å². The lowest BCUT2D eigenvalue weighted by atomic mass is 9.92. The first kappa shape index (κ1) is 8.87. The van der Waals surface area contributed by atoms with Gasteiger partial charge in [0.2, 0.25) is 0 Å². The van der Waals surface area contributed by atoms with Crippen molar-refractivity contribution in [3.05, 3.63) is 30.0 Å². The highest BCUT2D eigenvalue weighted by molar-refractivity contribution is 5.87. The number of nitrogens with one attached hydrogen (secondary N) is 1. The average molecular weight is 319 g/mol. The summed E-state index contributed by atoms with van der Waals surface area (Å²) in [7, 11) is 1.51. The number of rotatable bonds is 3. The number of nitrogens with zero attached hydrogens (tertiary/aromatic N) is 5.